The number of hydrogen-bond donors (Lipinski definition) is 3. The lowest BCUT2D eigenvalue weighted by Crippen LogP contribution is -2.34. The number of hydrogen-bond acceptors (Lipinski definition) is 4. The molecule has 2 rings (SSSR count). The number of amides is 2. The largest absolute Gasteiger partial charge is 0.494 e. The molecule has 160 valence electrons. The van der Waals surface area contributed by atoms with E-state index in [0.717, 1.165) is 12.8 Å². The van der Waals surface area contributed by atoms with Crippen LogP contribution >= 0.6 is 12.2 Å². The van der Waals surface area contributed by atoms with E-state index in [1.807, 2.05) is 19.1 Å². The van der Waals surface area contributed by atoms with Crippen molar-refractivity contribution >= 4 is 40.5 Å². The van der Waals surface area contributed by atoms with Crippen molar-refractivity contribution in [1.29, 1.82) is 0 Å². The maximum Gasteiger partial charge on any atom is 0.257 e. The molecule has 2 aromatic rings. The smallest absolute Gasteiger partial charge is 0.257 e. The SMILES string of the molecule is CCCCC(=O)Nc1ccc(NC(=S)NC(=O)c2ccc(C(C)C)cc2)cc1OC. The van der Waals surface area contributed by atoms with Crippen LogP contribution in [0.2, 0.25) is 0 Å². The minimum absolute atomic E-state index is 0.0536. The average Bonchev–Trinajstić information content (AvgIpc) is 2.73. The molecule has 0 atom stereocenters. The van der Waals surface area contributed by atoms with Gasteiger partial charge in [-0.1, -0.05) is 39.3 Å². The molecule has 0 radical (unpaired) electrons. The summed E-state index contributed by atoms with van der Waals surface area (Å²) < 4.78 is 5.37. The van der Waals surface area contributed by atoms with Gasteiger partial charge in [0, 0.05) is 23.7 Å². The van der Waals surface area contributed by atoms with Gasteiger partial charge in [-0.15, -0.1) is 0 Å². The quantitative estimate of drug-likeness (QED) is 0.512. The number of thiocarbonyl (C=S) groups is 1. The molecule has 2 aromatic carbocycles. The van der Waals surface area contributed by atoms with Gasteiger partial charge in [0.15, 0.2) is 5.11 Å². The van der Waals surface area contributed by atoms with E-state index in [1.54, 1.807) is 30.3 Å². The highest BCUT2D eigenvalue weighted by Gasteiger charge is 2.11. The number of benzene rings is 2. The van der Waals surface area contributed by atoms with Crippen LogP contribution in [-0.2, 0) is 4.79 Å². The predicted octanol–water partition coefficient (Wildman–Crippen LogP) is 5.07. The molecule has 0 aliphatic rings. The van der Waals surface area contributed by atoms with Gasteiger partial charge in [0.2, 0.25) is 5.91 Å². The zero-order valence-corrected chi connectivity index (χ0v) is 18.7. The van der Waals surface area contributed by atoms with E-state index in [9.17, 15) is 9.59 Å². The predicted molar refractivity (Wildman–Crippen MR) is 125 cm³/mol. The molecule has 6 nitrogen and oxygen atoms in total. The topological polar surface area (TPSA) is 79.5 Å². The fourth-order valence-corrected chi connectivity index (χ4v) is 2.99. The lowest BCUT2D eigenvalue weighted by atomic mass is 10.0. The maximum absolute atomic E-state index is 12.4. The summed E-state index contributed by atoms with van der Waals surface area (Å²) in [4.78, 5) is 24.4. The summed E-state index contributed by atoms with van der Waals surface area (Å²) in [5.74, 6) is 0.569. The van der Waals surface area contributed by atoms with Crippen molar-refractivity contribution in [2.45, 2.75) is 46.0 Å². The van der Waals surface area contributed by atoms with Crippen molar-refractivity contribution in [1.82, 2.24) is 5.32 Å². The van der Waals surface area contributed by atoms with Crippen LogP contribution in [0.1, 0.15) is 61.9 Å². The lowest BCUT2D eigenvalue weighted by Gasteiger charge is -2.14. The van der Waals surface area contributed by atoms with Crippen LogP contribution < -0.4 is 20.7 Å². The Balaban J connectivity index is 1.98. The molecule has 0 spiro atoms. The molecular formula is C23H29N3O3S. The normalized spacial score (nSPS) is 10.4. The number of anilines is 2. The van der Waals surface area contributed by atoms with Crippen LogP contribution in [0, 0.1) is 0 Å². The highest BCUT2D eigenvalue weighted by atomic mass is 32.1. The third-order valence-electron chi connectivity index (χ3n) is 4.56. The van der Waals surface area contributed by atoms with Crippen molar-refractivity contribution < 1.29 is 14.3 Å². The zero-order chi connectivity index (χ0) is 22.1. The summed E-state index contributed by atoms with van der Waals surface area (Å²) in [6, 6.07) is 12.7. The first-order valence-electron chi connectivity index (χ1n) is 10.0. The van der Waals surface area contributed by atoms with E-state index in [1.165, 1.54) is 12.7 Å². The van der Waals surface area contributed by atoms with Crippen molar-refractivity contribution in [3.63, 3.8) is 0 Å². The maximum atomic E-state index is 12.4. The molecule has 0 fully saturated rings. The standard InChI is InChI=1S/C23H29N3O3S/c1-5-6-7-21(27)25-19-13-12-18(14-20(19)29-4)24-23(30)26-22(28)17-10-8-16(9-11-17)15(2)3/h8-15H,5-7H2,1-4H3,(H,25,27)(H2,24,26,28,30). The first-order valence-corrected chi connectivity index (χ1v) is 10.4. The van der Waals surface area contributed by atoms with E-state index in [4.69, 9.17) is 17.0 Å². The molecule has 3 N–H and O–H groups in total. The van der Waals surface area contributed by atoms with Crippen molar-refractivity contribution in [3.8, 4) is 5.75 Å². The second-order valence-electron chi connectivity index (χ2n) is 7.25. The Morgan fingerprint density at radius 1 is 1.07 bits per heavy atom. The van der Waals surface area contributed by atoms with Crippen LogP contribution in [0.25, 0.3) is 0 Å². The van der Waals surface area contributed by atoms with Gasteiger partial charge in [0.1, 0.15) is 5.75 Å². The van der Waals surface area contributed by atoms with E-state index in [-0.39, 0.29) is 16.9 Å². The third-order valence-corrected chi connectivity index (χ3v) is 4.76. The number of rotatable bonds is 8. The lowest BCUT2D eigenvalue weighted by molar-refractivity contribution is -0.116. The minimum Gasteiger partial charge on any atom is -0.494 e. The number of methoxy groups -OCH3 is 1. The molecule has 0 heterocycles. The minimum atomic E-state index is -0.283. The highest BCUT2D eigenvalue weighted by molar-refractivity contribution is 7.80. The van der Waals surface area contributed by atoms with Gasteiger partial charge < -0.3 is 15.4 Å². The summed E-state index contributed by atoms with van der Waals surface area (Å²) >= 11 is 5.26. The first kappa shape index (κ1) is 23.3. The first-order chi connectivity index (χ1) is 14.3. The van der Waals surface area contributed by atoms with Gasteiger partial charge in [-0.2, -0.15) is 0 Å². The summed E-state index contributed by atoms with van der Waals surface area (Å²) in [5.41, 5.74) is 2.93. The van der Waals surface area contributed by atoms with Gasteiger partial charge >= 0.3 is 0 Å². The monoisotopic (exact) mass is 427 g/mol. The Morgan fingerprint density at radius 3 is 2.37 bits per heavy atom. The van der Waals surface area contributed by atoms with Crippen LogP contribution in [-0.4, -0.2) is 24.0 Å². The Bertz CT molecular complexity index is 895. The van der Waals surface area contributed by atoms with Crippen LogP contribution in [0.5, 0.6) is 5.75 Å². The van der Waals surface area contributed by atoms with Crippen molar-refractivity contribution in [3.05, 3.63) is 53.6 Å². The van der Waals surface area contributed by atoms with Crippen LogP contribution in [0.4, 0.5) is 11.4 Å². The molecule has 0 aromatic heterocycles. The molecule has 0 unspecified atom stereocenters. The van der Waals surface area contributed by atoms with Crippen molar-refractivity contribution in [2.24, 2.45) is 0 Å². The molecule has 0 aliphatic heterocycles. The third kappa shape index (κ3) is 6.84. The van der Waals surface area contributed by atoms with E-state index in [2.05, 4.69) is 29.8 Å². The molecule has 2 amide bonds. The van der Waals surface area contributed by atoms with Gasteiger partial charge in [-0.05, 0) is 54.4 Å². The van der Waals surface area contributed by atoms with E-state index >= 15 is 0 Å². The van der Waals surface area contributed by atoms with Crippen molar-refractivity contribution in [2.75, 3.05) is 17.7 Å². The Morgan fingerprint density at radius 2 is 1.77 bits per heavy atom. The number of ether oxygens (including phenoxy) is 1. The van der Waals surface area contributed by atoms with Gasteiger partial charge in [0.25, 0.3) is 5.91 Å². The molecule has 0 saturated heterocycles. The Labute approximate surface area is 183 Å². The molecule has 7 heteroatoms. The molecule has 0 saturated carbocycles. The summed E-state index contributed by atoms with van der Waals surface area (Å²) in [6.07, 6.45) is 2.26. The zero-order valence-electron chi connectivity index (χ0n) is 17.9. The van der Waals surface area contributed by atoms with Crippen LogP contribution in [0.3, 0.4) is 0 Å². The summed E-state index contributed by atoms with van der Waals surface area (Å²) in [5, 5.41) is 8.66. The number of unbranched alkanes of at least 4 members (excludes halogenated alkanes) is 1. The fourth-order valence-electron chi connectivity index (χ4n) is 2.78. The second kappa shape index (κ2) is 11.3. The Kier molecular flexibility index (Phi) is 8.80. The Hall–Kier alpha value is -2.93. The van der Waals surface area contributed by atoms with Gasteiger partial charge in [-0.3, -0.25) is 14.9 Å². The number of carbonyl (C=O) groups is 2. The molecule has 0 aliphatic carbocycles. The average molecular weight is 428 g/mol. The van der Waals surface area contributed by atoms with Crippen LogP contribution in [0.15, 0.2) is 42.5 Å². The summed E-state index contributed by atoms with van der Waals surface area (Å²) in [7, 11) is 1.53. The fraction of sp³-hybridized carbons (Fsp3) is 0.348. The molecule has 0 bridgehead atoms. The van der Waals surface area contributed by atoms with Gasteiger partial charge in [0.05, 0.1) is 12.8 Å². The van der Waals surface area contributed by atoms with E-state index < -0.39 is 0 Å². The molecular weight excluding hydrogens is 398 g/mol. The second-order valence-corrected chi connectivity index (χ2v) is 7.66. The molecule has 30 heavy (non-hydrogen) atoms. The number of carbonyl (C=O) groups excluding carboxylic acids is 2. The summed E-state index contributed by atoms with van der Waals surface area (Å²) in [6.45, 7) is 6.24. The van der Waals surface area contributed by atoms with E-state index in [0.29, 0.717) is 35.0 Å². The number of nitrogens with one attached hydrogen (secondary N) is 3. The van der Waals surface area contributed by atoms with Gasteiger partial charge in [-0.25, -0.2) is 0 Å². The highest BCUT2D eigenvalue weighted by Crippen LogP contribution is 2.28.